The van der Waals surface area contributed by atoms with E-state index in [-0.39, 0.29) is 23.1 Å². The van der Waals surface area contributed by atoms with Crippen molar-refractivity contribution in [2.75, 3.05) is 0 Å². The van der Waals surface area contributed by atoms with Gasteiger partial charge in [0.25, 0.3) is 30.4 Å². The molecular weight excluding hydrogens is 372 g/mol. The van der Waals surface area contributed by atoms with Gasteiger partial charge >= 0.3 is 0 Å². The number of hydrogen-bond donors (Lipinski definition) is 3. The summed E-state index contributed by atoms with van der Waals surface area (Å²) in [5.74, 6) is 0. The molecule has 1 aromatic rings. The first-order chi connectivity index (χ1) is 10.2. The minimum Gasteiger partial charge on any atom is -0.285 e. The zero-order valence-electron chi connectivity index (χ0n) is 11.7. The second-order valence-electron chi connectivity index (χ2n) is 5.37. The summed E-state index contributed by atoms with van der Waals surface area (Å²) in [6.45, 7) is 1.32. The first-order valence-electron chi connectivity index (χ1n) is 6.24. The summed E-state index contributed by atoms with van der Waals surface area (Å²) in [5, 5.41) is -3.13. The fourth-order valence-electron chi connectivity index (χ4n) is 2.71. The van der Waals surface area contributed by atoms with Crippen molar-refractivity contribution in [2.45, 2.75) is 35.2 Å². The molecule has 0 amide bonds. The van der Waals surface area contributed by atoms with Gasteiger partial charge in [0.2, 0.25) is 0 Å². The Bertz CT molecular complexity index is 958. The standard InChI is InChI=1S/C11H14O9S3/c1-6-2-9-7(4-10(6)22(15,16)17)3-8(21(12,13)14)5-11(9)23(18,19)20/h2,4,8,11H,3,5H2,1H3,(H,12,13,14)(H,15,16,17)(H,18,19,20). The SMILES string of the molecule is Cc1cc2c(cc1S(=O)(=O)O)CC(S(=O)(=O)O)CC2S(=O)(=O)O. The van der Waals surface area contributed by atoms with Gasteiger partial charge in [0.15, 0.2) is 0 Å². The molecule has 0 fully saturated rings. The van der Waals surface area contributed by atoms with Crippen LogP contribution in [0.15, 0.2) is 17.0 Å². The molecule has 0 spiro atoms. The minimum absolute atomic E-state index is 0.000255. The van der Waals surface area contributed by atoms with Crippen LogP contribution in [0.2, 0.25) is 0 Å². The summed E-state index contributed by atoms with van der Waals surface area (Å²) in [4.78, 5) is -0.499. The van der Waals surface area contributed by atoms with E-state index in [0.29, 0.717) is 0 Å². The third-order valence-corrected chi connectivity index (χ3v) is 7.13. The van der Waals surface area contributed by atoms with Gasteiger partial charge in [0.1, 0.15) is 5.25 Å². The summed E-state index contributed by atoms with van der Waals surface area (Å²) in [7, 11) is -13.9. The smallest absolute Gasteiger partial charge is 0.285 e. The molecule has 1 aliphatic rings. The Labute approximate surface area is 133 Å². The average molecular weight is 386 g/mol. The highest BCUT2D eigenvalue weighted by molar-refractivity contribution is 7.87. The number of rotatable bonds is 3. The van der Waals surface area contributed by atoms with E-state index in [2.05, 4.69) is 0 Å². The summed E-state index contributed by atoms with van der Waals surface area (Å²) in [6.07, 6.45) is -0.904. The van der Waals surface area contributed by atoms with E-state index in [1.165, 1.54) is 6.92 Å². The van der Waals surface area contributed by atoms with Gasteiger partial charge in [-0.05, 0) is 42.5 Å². The molecule has 3 N–H and O–H groups in total. The van der Waals surface area contributed by atoms with E-state index in [4.69, 9.17) is 9.11 Å². The molecule has 1 aromatic carbocycles. The first kappa shape index (κ1) is 18.3. The quantitative estimate of drug-likeness (QED) is 0.623. The first-order valence-corrected chi connectivity index (χ1v) is 10.7. The highest BCUT2D eigenvalue weighted by Crippen LogP contribution is 2.39. The van der Waals surface area contributed by atoms with E-state index in [0.717, 1.165) is 12.1 Å². The van der Waals surface area contributed by atoms with E-state index in [9.17, 15) is 29.8 Å². The predicted octanol–water partition coefficient (Wildman–Crippen LogP) is 0.373. The highest BCUT2D eigenvalue weighted by atomic mass is 32.2. The van der Waals surface area contributed by atoms with Gasteiger partial charge in [-0.25, -0.2) is 0 Å². The van der Waals surface area contributed by atoms with Gasteiger partial charge in [0, 0.05) is 0 Å². The molecule has 2 rings (SSSR count). The Morgan fingerprint density at radius 2 is 1.52 bits per heavy atom. The number of aryl methyl sites for hydroxylation is 1. The van der Waals surface area contributed by atoms with Crippen LogP contribution in [0, 0.1) is 6.92 Å². The van der Waals surface area contributed by atoms with Crippen LogP contribution in [0.25, 0.3) is 0 Å². The summed E-state index contributed by atoms with van der Waals surface area (Å²) in [6, 6.07) is 2.12. The molecule has 2 unspecified atom stereocenters. The van der Waals surface area contributed by atoms with E-state index in [1.54, 1.807) is 0 Å². The zero-order valence-corrected chi connectivity index (χ0v) is 14.2. The predicted molar refractivity (Wildman–Crippen MR) is 78.9 cm³/mol. The molecule has 1 aliphatic carbocycles. The number of fused-ring (bicyclic) bond motifs is 1. The van der Waals surface area contributed by atoms with Crippen molar-refractivity contribution in [3.8, 4) is 0 Å². The largest absolute Gasteiger partial charge is 0.294 e. The van der Waals surface area contributed by atoms with Crippen molar-refractivity contribution in [1.29, 1.82) is 0 Å². The molecule has 9 nitrogen and oxygen atoms in total. The molecule has 12 heteroatoms. The number of benzene rings is 1. The Kier molecular flexibility index (Phi) is 4.37. The molecule has 130 valence electrons. The maximum absolute atomic E-state index is 11.5. The Morgan fingerprint density at radius 1 is 0.957 bits per heavy atom. The molecule has 0 bridgehead atoms. The minimum atomic E-state index is -4.69. The molecule has 0 aromatic heterocycles. The van der Waals surface area contributed by atoms with Crippen LogP contribution in [0.3, 0.4) is 0 Å². The monoisotopic (exact) mass is 386 g/mol. The second-order valence-corrected chi connectivity index (χ2v) is 10.1. The molecule has 0 saturated heterocycles. The highest BCUT2D eigenvalue weighted by Gasteiger charge is 2.40. The van der Waals surface area contributed by atoms with Crippen LogP contribution in [0.4, 0.5) is 0 Å². The van der Waals surface area contributed by atoms with Crippen LogP contribution in [0.1, 0.15) is 28.4 Å². The van der Waals surface area contributed by atoms with Crippen molar-refractivity contribution >= 4 is 30.4 Å². The van der Waals surface area contributed by atoms with E-state index >= 15 is 0 Å². The van der Waals surface area contributed by atoms with Crippen molar-refractivity contribution in [1.82, 2.24) is 0 Å². The normalized spacial score (nSPS) is 22.6. The molecular formula is C11H14O9S3. The summed E-state index contributed by atoms with van der Waals surface area (Å²) in [5.41, 5.74) is 0.0854. The maximum atomic E-state index is 11.5. The van der Waals surface area contributed by atoms with Crippen molar-refractivity contribution in [2.24, 2.45) is 0 Å². The van der Waals surface area contributed by atoms with E-state index in [1.807, 2.05) is 0 Å². The average Bonchev–Trinajstić information content (AvgIpc) is 2.32. The van der Waals surface area contributed by atoms with E-state index < -0.39 is 52.2 Å². The topological polar surface area (TPSA) is 163 Å². The maximum Gasteiger partial charge on any atom is 0.294 e. The summed E-state index contributed by atoms with van der Waals surface area (Å²) >= 11 is 0. The lowest BCUT2D eigenvalue weighted by atomic mass is 9.89. The van der Waals surface area contributed by atoms with Crippen LogP contribution in [0.5, 0.6) is 0 Å². The zero-order chi connectivity index (χ0) is 17.8. The number of hydrogen-bond acceptors (Lipinski definition) is 6. The molecule has 23 heavy (non-hydrogen) atoms. The van der Waals surface area contributed by atoms with Gasteiger partial charge in [-0.2, -0.15) is 25.3 Å². The van der Waals surface area contributed by atoms with Crippen LogP contribution < -0.4 is 0 Å². The van der Waals surface area contributed by atoms with Crippen LogP contribution in [-0.4, -0.2) is 44.2 Å². The Hall–Kier alpha value is -1.05. The molecule has 0 heterocycles. The summed E-state index contributed by atoms with van der Waals surface area (Å²) < 4.78 is 96.0. The van der Waals surface area contributed by atoms with Gasteiger partial charge in [-0.1, -0.05) is 6.07 Å². The Morgan fingerprint density at radius 3 is 1.96 bits per heavy atom. The molecule has 0 radical (unpaired) electrons. The van der Waals surface area contributed by atoms with Crippen molar-refractivity contribution in [3.63, 3.8) is 0 Å². The lowest BCUT2D eigenvalue weighted by Crippen LogP contribution is -2.33. The van der Waals surface area contributed by atoms with Gasteiger partial charge in [-0.15, -0.1) is 0 Å². The van der Waals surface area contributed by atoms with Crippen molar-refractivity contribution < 1.29 is 38.9 Å². The van der Waals surface area contributed by atoms with Gasteiger partial charge in [0.05, 0.1) is 10.1 Å². The van der Waals surface area contributed by atoms with Crippen LogP contribution >= 0.6 is 0 Å². The second kappa shape index (κ2) is 5.50. The van der Waals surface area contributed by atoms with Gasteiger partial charge in [-0.3, -0.25) is 13.7 Å². The van der Waals surface area contributed by atoms with Crippen LogP contribution in [-0.2, 0) is 36.8 Å². The van der Waals surface area contributed by atoms with Crippen molar-refractivity contribution in [3.05, 3.63) is 28.8 Å². The molecule has 0 aliphatic heterocycles. The lowest BCUT2D eigenvalue weighted by Gasteiger charge is -2.29. The Balaban J connectivity index is 2.75. The van der Waals surface area contributed by atoms with Gasteiger partial charge < -0.3 is 0 Å². The molecule has 2 atom stereocenters. The fraction of sp³-hybridized carbons (Fsp3) is 0.455. The third kappa shape index (κ3) is 3.72. The third-order valence-electron chi connectivity index (χ3n) is 3.77. The lowest BCUT2D eigenvalue weighted by molar-refractivity contribution is 0.438. The molecule has 0 saturated carbocycles. The fourth-order valence-corrected chi connectivity index (χ4v) is 5.43.